The summed E-state index contributed by atoms with van der Waals surface area (Å²) in [6, 6.07) is 15.0. The van der Waals surface area contributed by atoms with Gasteiger partial charge >= 0.3 is 0 Å². The highest BCUT2D eigenvalue weighted by atomic mass is 16.5. The zero-order chi connectivity index (χ0) is 22.1. The largest absolute Gasteiger partial charge is 0.495 e. The van der Waals surface area contributed by atoms with E-state index in [1.807, 2.05) is 53.4 Å². The maximum Gasteiger partial charge on any atom is 0.254 e. The number of para-hydroxylation sites is 2. The summed E-state index contributed by atoms with van der Waals surface area (Å²) < 4.78 is 11.4. The van der Waals surface area contributed by atoms with Gasteiger partial charge in [-0.2, -0.15) is 0 Å². The third kappa shape index (κ3) is 3.47. The van der Waals surface area contributed by atoms with E-state index < -0.39 is 11.5 Å². The number of methoxy groups -OCH3 is 1. The molecule has 2 aromatic carbocycles. The molecule has 0 radical (unpaired) electrons. The smallest absolute Gasteiger partial charge is 0.254 e. The molecule has 6 heteroatoms. The minimum absolute atomic E-state index is 0.0272. The van der Waals surface area contributed by atoms with Gasteiger partial charge in [-0.1, -0.05) is 43.2 Å². The van der Waals surface area contributed by atoms with Crippen molar-refractivity contribution in [3.05, 3.63) is 59.7 Å². The predicted molar refractivity (Wildman–Crippen MR) is 122 cm³/mol. The fourth-order valence-electron chi connectivity index (χ4n) is 5.88. The lowest BCUT2D eigenvalue weighted by Crippen LogP contribution is -2.61. The average Bonchev–Trinajstić information content (AvgIpc) is 3.50. The summed E-state index contributed by atoms with van der Waals surface area (Å²) in [6.45, 7) is 1.29. The normalized spacial score (nSPS) is 23.9. The van der Waals surface area contributed by atoms with E-state index in [2.05, 4.69) is 5.32 Å². The van der Waals surface area contributed by atoms with E-state index in [1.165, 1.54) is 0 Å². The zero-order valence-electron chi connectivity index (χ0n) is 18.5. The number of carbonyl (C=O) groups excluding carboxylic acids is 2. The van der Waals surface area contributed by atoms with Crippen LogP contribution in [-0.2, 0) is 9.53 Å². The van der Waals surface area contributed by atoms with Gasteiger partial charge in [0.15, 0.2) is 0 Å². The minimum atomic E-state index is -0.524. The van der Waals surface area contributed by atoms with Crippen LogP contribution in [-0.4, -0.2) is 48.6 Å². The maximum atomic E-state index is 13.9. The van der Waals surface area contributed by atoms with Crippen LogP contribution in [0.5, 0.6) is 5.75 Å². The first-order chi connectivity index (χ1) is 15.6. The number of anilines is 1. The van der Waals surface area contributed by atoms with Crippen molar-refractivity contribution in [1.82, 2.24) is 4.90 Å². The first-order valence-electron chi connectivity index (χ1n) is 11.6. The minimum Gasteiger partial charge on any atom is -0.495 e. The molecule has 168 valence electrons. The van der Waals surface area contributed by atoms with Gasteiger partial charge in [0, 0.05) is 18.7 Å². The molecule has 6 nitrogen and oxygen atoms in total. The lowest BCUT2D eigenvalue weighted by Gasteiger charge is -2.50. The van der Waals surface area contributed by atoms with Gasteiger partial charge in [-0.3, -0.25) is 9.59 Å². The molecule has 1 saturated carbocycles. The number of carbonyl (C=O) groups is 2. The molecule has 0 unspecified atom stereocenters. The molecular formula is C26H30N2O4. The van der Waals surface area contributed by atoms with Gasteiger partial charge in [0.2, 0.25) is 5.91 Å². The Morgan fingerprint density at radius 2 is 1.88 bits per heavy atom. The van der Waals surface area contributed by atoms with Crippen LogP contribution in [0.2, 0.25) is 0 Å². The Hall–Kier alpha value is -2.86. The van der Waals surface area contributed by atoms with E-state index >= 15 is 0 Å². The van der Waals surface area contributed by atoms with Gasteiger partial charge in [0.1, 0.15) is 5.75 Å². The molecule has 1 N–H and O–H groups in total. The number of rotatable bonds is 5. The molecule has 2 heterocycles. The van der Waals surface area contributed by atoms with Crippen LogP contribution in [0.25, 0.3) is 0 Å². The lowest BCUT2D eigenvalue weighted by atomic mass is 9.71. The lowest BCUT2D eigenvalue weighted by molar-refractivity contribution is -0.121. The van der Waals surface area contributed by atoms with E-state index in [4.69, 9.17) is 9.47 Å². The SMILES string of the molecule is COc1ccccc1NC(=O)[C@H]1c2ccccc2C(=O)N(C[C@H]2CCCO2)C12CCCC2. The number of amides is 2. The topological polar surface area (TPSA) is 67.9 Å². The summed E-state index contributed by atoms with van der Waals surface area (Å²) in [5.41, 5.74) is 1.58. The number of nitrogens with one attached hydrogen (secondary N) is 1. The van der Waals surface area contributed by atoms with Crippen molar-refractivity contribution >= 4 is 17.5 Å². The predicted octanol–water partition coefficient (Wildman–Crippen LogP) is 4.37. The van der Waals surface area contributed by atoms with Gasteiger partial charge in [-0.15, -0.1) is 0 Å². The Morgan fingerprint density at radius 1 is 1.12 bits per heavy atom. The summed E-state index contributed by atoms with van der Waals surface area (Å²) in [5.74, 6) is 0.121. The second-order valence-corrected chi connectivity index (χ2v) is 9.07. The molecule has 5 rings (SSSR count). The molecule has 2 aliphatic heterocycles. The van der Waals surface area contributed by atoms with E-state index in [9.17, 15) is 9.59 Å². The van der Waals surface area contributed by atoms with Crippen LogP contribution >= 0.6 is 0 Å². The number of ether oxygens (including phenoxy) is 2. The number of nitrogens with zero attached hydrogens (tertiary/aromatic N) is 1. The summed E-state index contributed by atoms with van der Waals surface area (Å²) in [6.07, 6.45) is 5.69. The number of fused-ring (bicyclic) bond motifs is 1. The van der Waals surface area contributed by atoms with Crippen LogP contribution < -0.4 is 10.1 Å². The molecule has 2 fully saturated rings. The molecule has 2 atom stereocenters. The zero-order valence-corrected chi connectivity index (χ0v) is 18.5. The second-order valence-electron chi connectivity index (χ2n) is 9.07. The number of hydrogen-bond acceptors (Lipinski definition) is 4. The molecule has 32 heavy (non-hydrogen) atoms. The number of benzene rings is 2. The first kappa shape index (κ1) is 21.0. The molecule has 0 aromatic heterocycles. The highest BCUT2D eigenvalue weighted by molar-refractivity contribution is 6.05. The molecule has 1 saturated heterocycles. The molecule has 2 amide bonds. The molecule has 1 aliphatic carbocycles. The molecule has 2 aromatic rings. The van der Waals surface area contributed by atoms with Gasteiger partial charge in [0.05, 0.1) is 30.4 Å². The summed E-state index contributed by atoms with van der Waals surface area (Å²) >= 11 is 0. The highest BCUT2D eigenvalue weighted by Gasteiger charge is 2.56. The molecule has 1 spiro atoms. The van der Waals surface area contributed by atoms with E-state index in [0.29, 0.717) is 23.5 Å². The molecule has 0 bridgehead atoms. The summed E-state index contributed by atoms with van der Waals surface area (Å²) in [5, 5.41) is 3.12. The Labute approximate surface area is 188 Å². The van der Waals surface area contributed by atoms with Gasteiger partial charge in [-0.25, -0.2) is 0 Å². The third-order valence-corrected chi connectivity index (χ3v) is 7.33. The van der Waals surface area contributed by atoms with Crippen molar-refractivity contribution in [2.24, 2.45) is 0 Å². The molecule has 3 aliphatic rings. The van der Waals surface area contributed by atoms with Crippen LogP contribution in [0.3, 0.4) is 0 Å². The van der Waals surface area contributed by atoms with Crippen molar-refractivity contribution in [1.29, 1.82) is 0 Å². The Bertz CT molecular complexity index is 1010. The fraction of sp³-hybridized carbons (Fsp3) is 0.462. The van der Waals surface area contributed by atoms with E-state index in [1.54, 1.807) is 7.11 Å². The van der Waals surface area contributed by atoms with Crippen LogP contribution in [0, 0.1) is 0 Å². The van der Waals surface area contributed by atoms with Crippen LogP contribution in [0.15, 0.2) is 48.5 Å². The quantitative estimate of drug-likeness (QED) is 0.759. The maximum absolute atomic E-state index is 13.9. The van der Waals surface area contributed by atoms with Crippen molar-refractivity contribution in [3.63, 3.8) is 0 Å². The van der Waals surface area contributed by atoms with E-state index in [-0.39, 0.29) is 17.9 Å². The first-order valence-corrected chi connectivity index (χ1v) is 11.6. The van der Waals surface area contributed by atoms with Crippen molar-refractivity contribution < 1.29 is 19.1 Å². The number of hydrogen-bond donors (Lipinski definition) is 1. The van der Waals surface area contributed by atoms with Crippen LogP contribution in [0.4, 0.5) is 5.69 Å². The summed E-state index contributed by atoms with van der Waals surface area (Å²) in [7, 11) is 1.60. The Balaban J connectivity index is 1.57. The van der Waals surface area contributed by atoms with Crippen LogP contribution in [0.1, 0.15) is 60.4 Å². The Kier molecular flexibility index (Phi) is 5.64. The van der Waals surface area contributed by atoms with Crippen molar-refractivity contribution in [2.75, 3.05) is 25.6 Å². The van der Waals surface area contributed by atoms with Gasteiger partial charge in [0.25, 0.3) is 5.91 Å². The van der Waals surface area contributed by atoms with Crippen molar-refractivity contribution in [3.8, 4) is 5.75 Å². The Morgan fingerprint density at radius 3 is 2.62 bits per heavy atom. The van der Waals surface area contributed by atoms with Gasteiger partial charge in [-0.05, 0) is 49.4 Å². The van der Waals surface area contributed by atoms with Crippen molar-refractivity contribution in [2.45, 2.75) is 56.1 Å². The second kappa shape index (κ2) is 8.58. The third-order valence-electron chi connectivity index (χ3n) is 7.33. The highest BCUT2D eigenvalue weighted by Crippen LogP contribution is 2.51. The average molecular weight is 435 g/mol. The fourth-order valence-corrected chi connectivity index (χ4v) is 5.88. The molecular weight excluding hydrogens is 404 g/mol. The standard InChI is InChI=1S/C26H30N2O4/c1-31-22-13-5-4-12-21(22)27-24(29)23-19-10-2-3-11-20(19)25(30)28(17-18-9-8-16-32-18)26(23)14-6-7-15-26/h2-5,10-13,18,23H,6-9,14-17H2,1H3,(H,27,29)/t18-,23-/m1/s1. The van der Waals surface area contributed by atoms with Gasteiger partial charge < -0.3 is 19.7 Å². The van der Waals surface area contributed by atoms with E-state index in [0.717, 1.165) is 50.7 Å². The summed E-state index contributed by atoms with van der Waals surface area (Å²) in [4.78, 5) is 29.6. The monoisotopic (exact) mass is 434 g/mol.